The van der Waals surface area contributed by atoms with Crippen molar-refractivity contribution in [3.05, 3.63) is 0 Å². The quantitative estimate of drug-likeness (QED) is 0.707. The molecule has 3 heterocycles. The number of piperazine rings is 1. The maximum absolute atomic E-state index is 12.3. The Morgan fingerprint density at radius 3 is 2.46 bits per heavy atom. The zero-order chi connectivity index (χ0) is 17.4. The van der Waals surface area contributed by atoms with Gasteiger partial charge >= 0.3 is 6.03 Å². The van der Waals surface area contributed by atoms with Crippen molar-refractivity contribution in [1.29, 1.82) is 0 Å². The third-order valence-electron chi connectivity index (χ3n) is 4.90. The number of amides is 4. The molecule has 9 heteroatoms. The second kappa shape index (κ2) is 6.29. The fourth-order valence-electron chi connectivity index (χ4n) is 3.49. The van der Waals surface area contributed by atoms with Crippen LogP contribution in [0.3, 0.4) is 0 Å². The SMILES string of the molecule is CCC(=O)N1CCN(C2=NC3C(C(=O)NC(=O)N3C)N2CC)CC1. The standard InChI is InChI=1S/C15H24N6O3/c1-4-10(22)19-6-8-20(9-7-19)14-16-12-11(21(14)5-2)13(23)17-15(24)18(12)3/h11-12H,4-9H2,1-3H3,(H,17,23,24). The van der Waals surface area contributed by atoms with E-state index in [1.807, 2.05) is 23.6 Å². The van der Waals surface area contributed by atoms with Crippen molar-refractivity contribution in [2.24, 2.45) is 4.99 Å². The van der Waals surface area contributed by atoms with Gasteiger partial charge in [0.05, 0.1) is 0 Å². The Balaban J connectivity index is 1.77. The van der Waals surface area contributed by atoms with E-state index in [9.17, 15) is 14.4 Å². The van der Waals surface area contributed by atoms with E-state index in [2.05, 4.69) is 15.2 Å². The minimum absolute atomic E-state index is 0.161. The molecule has 1 N–H and O–H groups in total. The summed E-state index contributed by atoms with van der Waals surface area (Å²) in [5.74, 6) is 0.602. The number of fused-ring (bicyclic) bond motifs is 1. The van der Waals surface area contributed by atoms with E-state index >= 15 is 0 Å². The number of urea groups is 1. The van der Waals surface area contributed by atoms with Crippen LogP contribution < -0.4 is 5.32 Å². The van der Waals surface area contributed by atoms with Crippen molar-refractivity contribution in [2.75, 3.05) is 39.8 Å². The van der Waals surface area contributed by atoms with Gasteiger partial charge in [0.2, 0.25) is 5.91 Å². The average molecular weight is 336 g/mol. The van der Waals surface area contributed by atoms with Gasteiger partial charge in [-0.3, -0.25) is 14.9 Å². The zero-order valence-electron chi connectivity index (χ0n) is 14.4. The summed E-state index contributed by atoms with van der Waals surface area (Å²) >= 11 is 0. The highest BCUT2D eigenvalue weighted by molar-refractivity contribution is 6.03. The predicted octanol–water partition coefficient (Wildman–Crippen LogP) is -0.892. The summed E-state index contributed by atoms with van der Waals surface area (Å²) in [6.45, 7) is 7.13. The molecule has 3 aliphatic rings. The first-order valence-corrected chi connectivity index (χ1v) is 8.42. The molecule has 0 aromatic rings. The van der Waals surface area contributed by atoms with Gasteiger partial charge in [-0.2, -0.15) is 0 Å². The third-order valence-corrected chi connectivity index (χ3v) is 4.90. The molecule has 3 rings (SSSR count). The van der Waals surface area contributed by atoms with Crippen LogP contribution in [-0.4, -0.2) is 95.4 Å². The van der Waals surface area contributed by atoms with Crippen LogP contribution in [0.2, 0.25) is 0 Å². The average Bonchev–Trinajstić information content (AvgIpc) is 2.99. The van der Waals surface area contributed by atoms with Crippen LogP contribution in [0.25, 0.3) is 0 Å². The molecule has 24 heavy (non-hydrogen) atoms. The Morgan fingerprint density at radius 1 is 1.21 bits per heavy atom. The lowest BCUT2D eigenvalue weighted by Crippen LogP contribution is -2.64. The molecule has 0 aromatic carbocycles. The Labute approximate surface area is 141 Å². The van der Waals surface area contributed by atoms with Crippen molar-refractivity contribution in [1.82, 2.24) is 24.9 Å². The lowest BCUT2D eigenvalue weighted by atomic mass is 10.1. The summed E-state index contributed by atoms with van der Waals surface area (Å²) in [5, 5.41) is 2.38. The van der Waals surface area contributed by atoms with E-state index in [1.165, 1.54) is 4.90 Å². The number of hydrogen-bond acceptors (Lipinski definition) is 6. The molecule has 2 unspecified atom stereocenters. The Morgan fingerprint density at radius 2 is 1.88 bits per heavy atom. The highest BCUT2D eigenvalue weighted by atomic mass is 16.2. The first-order chi connectivity index (χ1) is 11.5. The molecular weight excluding hydrogens is 312 g/mol. The first kappa shape index (κ1) is 16.5. The lowest BCUT2D eigenvalue weighted by molar-refractivity contribution is -0.132. The first-order valence-electron chi connectivity index (χ1n) is 8.42. The number of likely N-dealkylation sites (N-methyl/N-ethyl adjacent to an activating group) is 2. The van der Waals surface area contributed by atoms with Crippen LogP contribution in [0.4, 0.5) is 4.79 Å². The summed E-state index contributed by atoms with van der Waals surface area (Å²) < 4.78 is 0. The predicted molar refractivity (Wildman–Crippen MR) is 87.1 cm³/mol. The third kappa shape index (κ3) is 2.57. The minimum atomic E-state index is -0.489. The number of hydrogen-bond donors (Lipinski definition) is 1. The van der Waals surface area contributed by atoms with Crippen molar-refractivity contribution in [3.8, 4) is 0 Å². The lowest BCUT2D eigenvalue weighted by Gasteiger charge is -2.40. The fourth-order valence-corrected chi connectivity index (χ4v) is 3.49. The molecule has 0 spiro atoms. The van der Waals surface area contributed by atoms with Crippen LogP contribution in [0, 0.1) is 0 Å². The topological polar surface area (TPSA) is 88.6 Å². The van der Waals surface area contributed by atoms with Gasteiger partial charge < -0.3 is 19.6 Å². The normalized spacial score (nSPS) is 27.2. The van der Waals surface area contributed by atoms with Crippen molar-refractivity contribution in [3.63, 3.8) is 0 Å². The smallest absolute Gasteiger partial charge is 0.325 e. The van der Waals surface area contributed by atoms with E-state index in [-0.39, 0.29) is 11.8 Å². The van der Waals surface area contributed by atoms with E-state index in [0.29, 0.717) is 39.1 Å². The van der Waals surface area contributed by atoms with Crippen LogP contribution in [0.1, 0.15) is 20.3 Å². The molecule has 2 saturated heterocycles. The van der Waals surface area contributed by atoms with E-state index < -0.39 is 18.2 Å². The summed E-state index contributed by atoms with van der Waals surface area (Å²) in [6, 6.07) is -0.899. The summed E-state index contributed by atoms with van der Waals surface area (Å²) in [6.07, 6.45) is 0.0238. The van der Waals surface area contributed by atoms with Gasteiger partial charge in [-0.05, 0) is 6.92 Å². The van der Waals surface area contributed by atoms with Crippen molar-refractivity contribution in [2.45, 2.75) is 32.5 Å². The molecule has 0 aromatic heterocycles. The molecule has 0 saturated carbocycles. The van der Waals surface area contributed by atoms with E-state index in [1.54, 1.807) is 7.05 Å². The van der Waals surface area contributed by atoms with Crippen LogP contribution in [0.15, 0.2) is 4.99 Å². The number of guanidine groups is 1. The van der Waals surface area contributed by atoms with Gasteiger partial charge in [-0.15, -0.1) is 0 Å². The number of aliphatic imine (C=N–C) groups is 1. The molecule has 3 aliphatic heterocycles. The maximum Gasteiger partial charge on any atom is 0.325 e. The largest absolute Gasteiger partial charge is 0.339 e. The molecule has 132 valence electrons. The Hall–Kier alpha value is -2.32. The number of rotatable bonds is 2. The van der Waals surface area contributed by atoms with E-state index in [0.717, 1.165) is 5.96 Å². The molecule has 0 bridgehead atoms. The number of nitrogens with zero attached hydrogens (tertiary/aromatic N) is 5. The van der Waals surface area contributed by atoms with E-state index in [4.69, 9.17) is 0 Å². The van der Waals surface area contributed by atoms with Crippen molar-refractivity contribution < 1.29 is 14.4 Å². The maximum atomic E-state index is 12.3. The van der Waals surface area contributed by atoms with Gasteiger partial charge in [0.25, 0.3) is 5.91 Å². The zero-order valence-corrected chi connectivity index (χ0v) is 14.4. The van der Waals surface area contributed by atoms with Crippen LogP contribution in [-0.2, 0) is 9.59 Å². The number of carbonyl (C=O) groups is 3. The van der Waals surface area contributed by atoms with Gasteiger partial charge in [-0.1, -0.05) is 6.92 Å². The van der Waals surface area contributed by atoms with Gasteiger partial charge in [-0.25, -0.2) is 9.79 Å². The Bertz CT molecular complexity index is 584. The monoisotopic (exact) mass is 336 g/mol. The van der Waals surface area contributed by atoms with Gasteiger partial charge in [0.15, 0.2) is 18.2 Å². The second-order valence-electron chi connectivity index (χ2n) is 6.20. The molecule has 0 aliphatic carbocycles. The highest BCUT2D eigenvalue weighted by Crippen LogP contribution is 2.25. The summed E-state index contributed by atoms with van der Waals surface area (Å²) in [7, 11) is 1.65. The van der Waals surface area contributed by atoms with Gasteiger partial charge in [0.1, 0.15) is 0 Å². The van der Waals surface area contributed by atoms with Gasteiger partial charge in [0, 0.05) is 46.2 Å². The van der Waals surface area contributed by atoms with Crippen LogP contribution >= 0.6 is 0 Å². The molecule has 9 nitrogen and oxygen atoms in total. The molecule has 2 fully saturated rings. The number of carbonyl (C=O) groups excluding carboxylic acids is 3. The minimum Gasteiger partial charge on any atom is -0.339 e. The molecule has 0 radical (unpaired) electrons. The van der Waals surface area contributed by atoms with Crippen LogP contribution in [0.5, 0.6) is 0 Å². The molecule has 2 atom stereocenters. The number of imide groups is 1. The molecular formula is C15H24N6O3. The number of nitrogens with one attached hydrogen (secondary N) is 1. The van der Waals surface area contributed by atoms with Crippen molar-refractivity contribution >= 4 is 23.8 Å². The second-order valence-corrected chi connectivity index (χ2v) is 6.20. The summed E-state index contributed by atoms with van der Waals surface area (Å²) in [5.41, 5.74) is 0. The highest BCUT2D eigenvalue weighted by Gasteiger charge is 2.49. The Kier molecular flexibility index (Phi) is 4.33. The molecule has 4 amide bonds. The fraction of sp³-hybridized carbons (Fsp3) is 0.733. The summed E-state index contributed by atoms with van der Waals surface area (Å²) in [4.78, 5) is 47.9.